The van der Waals surface area contributed by atoms with Crippen molar-refractivity contribution in [2.45, 2.75) is 51.9 Å². The Morgan fingerprint density at radius 1 is 1.36 bits per heavy atom. The van der Waals surface area contributed by atoms with Gasteiger partial charge in [0.15, 0.2) is 0 Å². The van der Waals surface area contributed by atoms with Gasteiger partial charge >= 0.3 is 6.09 Å². The van der Waals surface area contributed by atoms with E-state index in [1.165, 1.54) is 0 Å². The molecule has 0 fully saturated rings. The largest absolute Gasteiger partial charge is 0.444 e. The van der Waals surface area contributed by atoms with Crippen molar-refractivity contribution >= 4 is 17.7 Å². The highest BCUT2D eigenvalue weighted by atomic mass is 35.5. The van der Waals surface area contributed by atoms with Gasteiger partial charge in [0.25, 0.3) is 0 Å². The monoisotopic (exact) mass is 329 g/mol. The van der Waals surface area contributed by atoms with Gasteiger partial charge in [-0.15, -0.1) is 0 Å². The highest BCUT2D eigenvalue weighted by Gasteiger charge is 2.21. The summed E-state index contributed by atoms with van der Waals surface area (Å²) in [6, 6.07) is 5.14. The molecule has 1 aromatic carbocycles. The third kappa shape index (κ3) is 6.22. The molecule has 1 aromatic rings. The van der Waals surface area contributed by atoms with Gasteiger partial charge in [-0.3, -0.25) is 0 Å². The molecule has 0 saturated carbocycles. The fourth-order valence-electron chi connectivity index (χ4n) is 1.93. The third-order valence-corrected chi connectivity index (χ3v) is 3.27. The molecule has 0 spiro atoms. The molecule has 0 bridgehead atoms. The molecule has 2 atom stereocenters. The quantitative estimate of drug-likeness (QED) is 0.776. The zero-order valence-electron chi connectivity index (χ0n) is 13.4. The van der Waals surface area contributed by atoms with Gasteiger partial charge < -0.3 is 20.3 Å². The molecule has 124 valence electrons. The van der Waals surface area contributed by atoms with Crippen LogP contribution in [0.2, 0.25) is 5.02 Å². The number of halogens is 1. The Hall–Kier alpha value is -1.30. The Morgan fingerprint density at radius 3 is 2.59 bits per heavy atom. The number of aliphatic hydroxyl groups is 2. The number of hydrogen-bond donors (Lipinski definition) is 3. The number of ether oxygens (including phenoxy) is 1. The smallest absolute Gasteiger partial charge is 0.407 e. The Morgan fingerprint density at radius 2 is 2.00 bits per heavy atom. The first-order chi connectivity index (χ1) is 10.1. The number of alkyl carbamates (subject to hydrolysis) is 1. The summed E-state index contributed by atoms with van der Waals surface area (Å²) < 4.78 is 5.09. The van der Waals surface area contributed by atoms with Crippen LogP contribution in [0, 0.1) is 6.92 Å². The second kappa shape index (κ2) is 7.81. The van der Waals surface area contributed by atoms with Crippen LogP contribution in [0.4, 0.5) is 4.79 Å². The van der Waals surface area contributed by atoms with Crippen molar-refractivity contribution in [2.24, 2.45) is 0 Å². The van der Waals surface area contributed by atoms with E-state index in [9.17, 15) is 15.0 Å². The molecule has 0 saturated heterocycles. The van der Waals surface area contributed by atoms with Gasteiger partial charge in [0.2, 0.25) is 0 Å². The Bertz CT molecular complexity index is 513. The van der Waals surface area contributed by atoms with Crippen LogP contribution in [0.5, 0.6) is 0 Å². The van der Waals surface area contributed by atoms with Gasteiger partial charge in [-0.2, -0.15) is 0 Å². The maximum absolute atomic E-state index is 11.5. The van der Waals surface area contributed by atoms with E-state index in [0.717, 1.165) is 5.56 Å². The summed E-state index contributed by atoms with van der Waals surface area (Å²) in [5, 5.41) is 23.3. The van der Waals surface area contributed by atoms with Crippen LogP contribution in [0.15, 0.2) is 18.2 Å². The predicted molar refractivity (Wildman–Crippen MR) is 86.0 cm³/mol. The van der Waals surface area contributed by atoms with Crippen LogP contribution in [0.1, 0.15) is 44.4 Å². The van der Waals surface area contributed by atoms with E-state index in [2.05, 4.69) is 5.32 Å². The zero-order chi connectivity index (χ0) is 16.9. The number of benzene rings is 1. The second-order valence-electron chi connectivity index (χ2n) is 6.23. The maximum atomic E-state index is 11.5. The highest BCUT2D eigenvalue weighted by molar-refractivity contribution is 6.30. The van der Waals surface area contributed by atoms with E-state index in [-0.39, 0.29) is 13.0 Å². The van der Waals surface area contributed by atoms with Crippen molar-refractivity contribution in [1.82, 2.24) is 5.32 Å². The molecule has 0 aliphatic rings. The van der Waals surface area contributed by atoms with Gasteiger partial charge in [0, 0.05) is 11.6 Å². The zero-order valence-corrected chi connectivity index (χ0v) is 14.1. The first-order valence-corrected chi connectivity index (χ1v) is 7.57. The molecule has 5 nitrogen and oxygen atoms in total. The van der Waals surface area contributed by atoms with Gasteiger partial charge in [0.05, 0.1) is 6.10 Å². The number of aryl methyl sites for hydroxylation is 1. The topological polar surface area (TPSA) is 78.8 Å². The Balaban J connectivity index is 2.50. The number of nitrogens with one attached hydrogen (secondary N) is 1. The van der Waals surface area contributed by atoms with Crippen molar-refractivity contribution in [2.75, 3.05) is 6.54 Å². The molecule has 1 amide bonds. The molecule has 0 aliphatic heterocycles. The molecule has 6 heteroatoms. The van der Waals surface area contributed by atoms with Crippen LogP contribution >= 0.6 is 11.6 Å². The van der Waals surface area contributed by atoms with Crippen molar-refractivity contribution in [3.8, 4) is 0 Å². The van der Waals surface area contributed by atoms with E-state index in [1.54, 1.807) is 39.0 Å². The molecular weight excluding hydrogens is 306 g/mol. The lowest BCUT2D eigenvalue weighted by atomic mass is 9.98. The summed E-state index contributed by atoms with van der Waals surface area (Å²) in [7, 11) is 0. The first-order valence-electron chi connectivity index (χ1n) is 7.19. The van der Waals surface area contributed by atoms with Crippen LogP contribution in [-0.4, -0.2) is 34.6 Å². The fraction of sp³-hybridized carbons (Fsp3) is 0.562. The average Bonchev–Trinajstić information content (AvgIpc) is 2.38. The van der Waals surface area contributed by atoms with Gasteiger partial charge in [-0.25, -0.2) is 4.79 Å². The summed E-state index contributed by atoms with van der Waals surface area (Å²) in [5.41, 5.74) is 0.855. The van der Waals surface area contributed by atoms with Gasteiger partial charge in [-0.05, 0) is 57.4 Å². The summed E-state index contributed by atoms with van der Waals surface area (Å²) in [6.07, 6.45) is -2.41. The van der Waals surface area contributed by atoms with Crippen LogP contribution < -0.4 is 5.32 Å². The summed E-state index contributed by atoms with van der Waals surface area (Å²) in [5.74, 6) is 0. The van der Waals surface area contributed by atoms with E-state index in [4.69, 9.17) is 16.3 Å². The number of rotatable bonds is 5. The van der Waals surface area contributed by atoms with E-state index in [0.29, 0.717) is 10.6 Å². The van der Waals surface area contributed by atoms with Gasteiger partial charge in [0.1, 0.15) is 11.7 Å². The molecule has 2 unspecified atom stereocenters. The lowest BCUT2D eigenvalue weighted by Gasteiger charge is -2.22. The minimum Gasteiger partial charge on any atom is -0.444 e. The standard InChI is InChI=1S/C16H24ClNO4/c1-10-5-6-11(17)9-12(10)14(20)13(19)7-8-18-15(21)22-16(2,3)4/h5-6,9,13-14,19-20H,7-8H2,1-4H3,(H,18,21). The molecule has 0 aliphatic carbocycles. The number of carbonyl (C=O) groups excluding carboxylic acids is 1. The van der Waals surface area contributed by atoms with E-state index in [1.807, 2.05) is 6.92 Å². The summed E-state index contributed by atoms with van der Waals surface area (Å²) in [6.45, 7) is 7.35. The van der Waals surface area contributed by atoms with Crippen molar-refractivity contribution < 1.29 is 19.7 Å². The Labute approximate surface area is 136 Å². The van der Waals surface area contributed by atoms with Crippen molar-refractivity contribution in [3.05, 3.63) is 34.3 Å². The van der Waals surface area contributed by atoms with Crippen LogP contribution in [0.3, 0.4) is 0 Å². The molecule has 0 aromatic heterocycles. The summed E-state index contributed by atoms with van der Waals surface area (Å²) >= 11 is 5.91. The van der Waals surface area contributed by atoms with E-state index >= 15 is 0 Å². The average molecular weight is 330 g/mol. The number of amides is 1. The molecule has 0 radical (unpaired) electrons. The molecule has 22 heavy (non-hydrogen) atoms. The first kappa shape index (κ1) is 18.7. The normalized spacial score (nSPS) is 14.3. The predicted octanol–water partition coefficient (Wildman–Crippen LogP) is 2.96. The second-order valence-corrected chi connectivity index (χ2v) is 6.67. The van der Waals surface area contributed by atoms with Gasteiger partial charge in [-0.1, -0.05) is 17.7 Å². The highest BCUT2D eigenvalue weighted by Crippen LogP contribution is 2.25. The molecular formula is C16H24ClNO4. The van der Waals surface area contributed by atoms with Crippen LogP contribution in [-0.2, 0) is 4.74 Å². The molecule has 3 N–H and O–H groups in total. The molecule has 1 rings (SSSR count). The maximum Gasteiger partial charge on any atom is 0.407 e. The fourth-order valence-corrected chi connectivity index (χ4v) is 2.11. The minimum atomic E-state index is -1.06. The number of hydrogen-bond acceptors (Lipinski definition) is 4. The summed E-state index contributed by atoms with van der Waals surface area (Å²) in [4.78, 5) is 11.5. The number of aliphatic hydroxyl groups excluding tert-OH is 2. The van der Waals surface area contributed by atoms with Crippen LogP contribution in [0.25, 0.3) is 0 Å². The minimum absolute atomic E-state index is 0.201. The SMILES string of the molecule is Cc1ccc(Cl)cc1C(O)C(O)CCNC(=O)OC(C)(C)C. The van der Waals surface area contributed by atoms with Crippen molar-refractivity contribution in [1.29, 1.82) is 0 Å². The lowest BCUT2D eigenvalue weighted by molar-refractivity contribution is 0.0119. The lowest BCUT2D eigenvalue weighted by Crippen LogP contribution is -2.34. The molecule has 0 heterocycles. The Kier molecular flexibility index (Phi) is 6.66. The third-order valence-electron chi connectivity index (χ3n) is 3.03. The van der Waals surface area contributed by atoms with E-state index < -0.39 is 23.9 Å². The van der Waals surface area contributed by atoms with Crippen molar-refractivity contribution in [3.63, 3.8) is 0 Å². The number of carbonyl (C=O) groups is 1.